The third-order valence-corrected chi connectivity index (χ3v) is 3.68. The van der Waals surface area contributed by atoms with Crippen LogP contribution >= 0.6 is 22.9 Å². The lowest BCUT2D eigenvalue weighted by atomic mass is 10.2. The van der Waals surface area contributed by atoms with E-state index >= 15 is 0 Å². The molecule has 0 aliphatic heterocycles. The summed E-state index contributed by atoms with van der Waals surface area (Å²) in [7, 11) is 1.36. The summed E-state index contributed by atoms with van der Waals surface area (Å²) in [4.78, 5) is 15.5. The second-order valence-electron chi connectivity index (χ2n) is 3.95. The zero-order chi connectivity index (χ0) is 13.8. The van der Waals surface area contributed by atoms with Gasteiger partial charge in [-0.25, -0.2) is 4.98 Å². The first-order chi connectivity index (χ1) is 9.10. The van der Waals surface area contributed by atoms with E-state index in [9.17, 15) is 4.79 Å². The highest BCUT2D eigenvalue weighted by Gasteiger charge is 2.10. The van der Waals surface area contributed by atoms with Gasteiger partial charge in [0.1, 0.15) is 0 Å². The summed E-state index contributed by atoms with van der Waals surface area (Å²) in [5.41, 5.74) is 2.56. The summed E-state index contributed by atoms with van der Waals surface area (Å²) in [6.45, 7) is 1.97. The van der Waals surface area contributed by atoms with Crippen LogP contribution in [0.5, 0.6) is 0 Å². The van der Waals surface area contributed by atoms with Gasteiger partial charge in [0.2, 0.25) is 0 Å². The van der Waals surface area contributed by atoms with Crippen LogP contribution < -0.4 is 5.32 Å². The second kappa shape index (κ2) is 6.04. The van der Waals surface area contributed by atoms with E-state index in [0.29, 0.717) is 15.8 Å². The van der Waals surface area contributed by atoms with Crippen molar-refractivity contribution < 1.29 is 9.53 Å². The summed E-state index contributed by atoms with van der Waals surface area (Å²) >= 11 is 7.56. The molecule has 0 aliphatic rings. The predicted octanol–water partition coefficient (Wildman–Crippen LogP) is 3.56. The number of ether oxygens (including phenoxy) is 1. The number of aromatic nitrogens is 1. The fraction of sp³-hybridized carbons (Fsp3) is 0.231. The van der Waals surface area contributed by atoms with E-state index in [-0.39, 0.29) is 12.4 Å². The molecule has 4 nitrogen and oxygen atoms in total. The van der Waals surface area contributed by atoms with Gasteiger partial charge in [-0.05, 0) is 18.6 Å². The lowest BCUT2D eigenvalue weighted by molar-refractivity contribution is -0.139. The molecule has 0 unspecified atom stereocenters. The number of carbonyl (C=O) groups is 1. The van der Waals surface area contributed by atoms with Crippen molar-refractivity contribution in [3.05, 3.63) is 39.9 Å². The van der Waals surface area contributed by atoms with Crippen molar-refractivity contribution in [3.63, 3.8) is 0 Å². The number of carbonyl (C=O) groups excluding carboxylic acids is 1. The molecule has 0 saturated heterocycles. The quantitative estimate of drug-likeness (QED) is 0.877. The fourth-order valence-electron chi connectivity index (χ4n) is 1.56. The van der Waals surface area contributed by atoms with E-state index < -0.39 is 0 Å². The van der Waals surface area contributed by atoms with E-state index in [1.807, 2.05) is 30.5 Å². The van der Waals surface area contributed by atoms with Gasteiger partial charge < -0.3 is 10.1 Å². The number of anilines is 2. The minimum absolute atomic E-state index is 0.177. The van der Waals surface area contributed by atoms with E-state index in [4.69, 9.17) is 11.6 Å². The van der Waals surface area contributed by atoms with Gasteiger partial charge in [-0.15, -0.1) is 11.3 Å². The number of esters is 1. The van der Waals surface area contributed by atoms with Gasteiger partial charge in [0.15, 0.2) is 5.13 Å². The van der Waals surface area contributed by atoms with Crippen LogP contribution in [0, 0.1) is 6.92 Å². The Labute approximate surface area is 120 Å². The molecule has 0 aliphatic carbocycles. The summed E-state index contributed by atoms with van der Waals surface area (Å²) in [5, 5.41) is 6.35. The van der Waals surface area contributed by atoms with Crippen molar-refractivity contribution in [2.45, 2.75) is 13.3 Å². The Bertz CT molecular complexity index is 578. The van der Waals surface area contributed by atoms with E-state index in [1.165, 1.54) is 18.4 Å². The van der Waals surface area contributed by atoms with Gasteiger partial charge >= 0.3 is 5.97 Å². The molecule has 2 rings (SSSR count). The van der Waals surface area contributed by atoms with Crippen LogP contribution in [0.1, 0.15) is 11.3 Å². The monoisotopic (exact) mass is 296 g/mol. The van der Waals surface area contributed by atoms with Crippen molar-refractivity contribution in [2.75, 3.05) is 12.4 Å². The molecule has 0 radical (unpaired) electrons. The minimum atomic E-state index is -0.300. The highest BCUT2D eigenvalue weighted by atomic mass is 35.5. The number of benzene rings is 1. The Morgan fingerprint density at radius 1 is 1.53 bits per heavy atom. The van der Waals surface area contributed by atoms with E-state index in [2.05, 4.69) is 15.0 Å². The SMILES string of the molecule is COC(=O)Cc1csc(Nc2c(C)cccc2Cl)n1. The first-order valence-electron chi connectivity index (χ1n) is 5.63. The summed E-state index contributed by atoms with van der Waals surface area (Å²) < 4.78 is 4.60. The number of methoxy groups -OCH3 is 1. The molecule has 1 heterocycles. The zero-order valence-electron chi connectivity index (χ0n) is 10.6. The molecule has 0 bridgehead atoms. The number of nitrogens with zero attached hydrogens (tertiary/aromatic N) is 1. The molecular weight excluding hydrogens is 284 g/mol. The molecule has 1 N–H and O–H groups in total. The topological polar surface area (TPSA) is 51.2 Å². The lowest BCUT2D eigenvalue weighted by Gasteiger charge is -2.08. The second-order valence-corrected chi connectivity index (χ2v) is 5.22. The maximum Gasteiger partial charge on any atom is 0.311 e. The fourth-order valence-corrected chi connectivity index (χ4v) is 2.55. The largest absolute Gasteiger partial charge is 0.469 e. The van der Waals surface area contributed by atoms with Gasteiger partial charge in [-0.3, -0.25) is 4.79 Å². The molecule has 0 saturated carbocycles. The third-order valence-electron chi connectivity index (χ3n) is 2.56. The average molecular weight is 297 g/mol. The van der Waals surface area contributed by atoms with Crippen molar-refractivity contribution in [3.8, 4) is 0 Å². The Hall–Kier alpha value is -1.59. The van der Waals surface area contributed by atoms with Crippen molar-refractivity contribution >= 4 is 39.7 Å². The van der Waals surface area contributed by atoms with Crippen LogP contribution in [0.25, 0.3) is 0 Å². The van der Waals surface area contributed by atoms with Crippen LogP contribution in [0.15, 0.2) is 23.6 Å². The third kappa shape index (κ3) is 3.45. The maximum absolute atomic E-state index is 11.2. The molecule has 19 heavy (non-hydrogen) atoms. The first-order valence-corrected chi connectivity index (χ1v) is 6.89. The average Bonchev–Trinajstić information content (AvgIpc) is 2.81. The summed E-state index contributed by atoms with van der Waals surface area (Å²) in [6.07, 6.45) is 0.177. The molecule has 1 aromatic heterocycles. The molecule has 100 valence electrons. The lowest BCUT2D eigenvalue weighted by Crippen LogP contribution is -2.04. The standard InChI is InChI=1S/C13H13ClN2O2S/c1-8-4-3-5-10(14)12(8)16-13-15-9(7-19-13)6-11(17)18-2/h3-5,7H,6H2,1-2H3,(H,15,16). The number of nitrogens with one attached hydrogen (secondary N) is 1. The summed E-state index contributed by atoms with van der Waals surface area (Å²) in [5.74, 6) is -0.300. The van der Waals surface area contributed by atoms with Gasteiger partial charge in [0.25, 0.3) is 0 Å². The zero-order valence-corrected chi connectivity index (χ0v) is 12.1. The van der Waals surface area contributed by atoms with E-state index in [0.717, 1.165) is 11.3 Å². The van der Waals surface area contributed by atoms with Gasteiger partial charge in [0.05, 0.1) is 29.9 Å². The number of thiazole rings is 1. The number of para-hydroxylation sites is 1. The molecule has 0 spiro atoms. The Balaban J connectivity index is 2.14. The summed E-state index contributed by atoms with van der Waals surface area (Å²) in [6, 6.07) is 5.68. The molecule has 0 atom stereocenters. The number of halogens is 1. The van der Waals surface area contributed by atoms with Gasteiger partial charge in [-0.2, -0.15) is 0 Å². The van der Waals surface area contributed by atoms with Crippen molar-refractivity contribution in [1.82, 2.24) is 4.98 Å². The number of hydrogen-bond acceptors (Lipinski definition) is 5. The highest BCUT2D eigenvalue weighted by Crippen LogP contribution is 2.30. The van der Waals surface area contributed by atoms with Gasteiger partial charge in [-0.1, -0.05) is 23.7 Å². The van der Waals surface area contributed by atoms with Crippen LogP contribution in [-0.2, 0) is 16.0 Å². The maximum atomic E-state index is 11.2. The Morgan fingerprint density at radius 2 is 2.32 bits per heavy atom. The Kier molecular flexibility index (Phi) is 4.39. The minimum Gasteiger partial charge on any atom is -0.469 e. The first kappa shape index (κ1) is 13.8. The molecule has 0 amide bonds. The Morgan fingerprint density at radius 3 is 3.00 bits per heavy atom. The van der Waals surface area contributed by atoms with Crippen molar-refractivity contribution in [1.29, 1.82) is 0 Å². The van der Waals surface area contributed by atoms with E-state index in [1.54, 1.807) is 0 Å². The van der Waals surface area contributed by atoms with Crippen LogP contribution in [0.2, 0.25) is 5.02 Å². The molecule has 0 fully saturated rings. The number of hydrogen-bond donors (Lipinski definition) is 1. The van der Waals surface area contributed by atoms with Crippen LogP contribution in [0.4, 0.5) is 10.8 Å². The van der Waals surface area contributed by atoms with Gasteiger partial charge in [0, 0.05) is 5.38 Å². The predicted molar refractivity (Wildman–Crippen MR) is 77.3 cm³/mol. The van der Waals surface area contributed by atoms with Crippen LogP contribution in [0.3, 0.4) is 0 Å². The molecule has 6 heteroatoms. The number of aryl methyl sites for hydroxylation is 1. The smallest absolute Gasteiger partial charge is 0.311 e. The van der Waals surface area contributed by atoms with Crippen molar-refractivity contribution in [2.24, 2.45) is 0 Å². The molecule has 2 aromatic rings. The molecule has 1 aromatic carbocycles. The normalized spacial score (nSPS) is 10.3. The van der Waals surface area contributed by atoms with Crippen LogP contribution in [-0.4, -0.2) is 18.1 Å². The number of rotatable bonds is 4. The highest BCUT2D eigenvalue weighted by molar-refractivity contribution is 7.13. The molecular formula is C13H13ClN2O2S.